The van der Waals surface area contributed by atoms with Gasteiger partial charge in [-0.1, -0.05) is 12.1 Å². The fourth-order valence-electron chi connectivity index (χ4n) is 2.80. The van der Waals surface area contributed by atoms with E-state index in [1.54, 1.807) is 0 Å². The van der Waals surface area contributed by atoms with E-state index in [-0.39, 0.29) is 0 Å². The van der Waals surface area contributed by atoms with Gasteiger partial charge in [-0.3, -0.25) is 0 Å². The first kappa shape index (κ1) is 11.3. The summed E-state index contributed by atoms with van der Waals surface area (Å²) in [6.45, 7) is 2.35. The molecule has 0 spiro atoms. The lowest BCUT2D eigenvalue weighted by Crippen LogP contribution is -2.30. The predicted octanol–water partition coefficient (Wildman–Crippen LogP) is 3.47. The lowest BCUT2D eigenvalue weighted by Gasteiger charge is -2.23. The lowest BCUT2D eigenvalue weighted by atomic mass is 9.91. The molecule has 2 aromatic rings. The predicted molar refractivity (Wildman–Crippen MR) is 75.3 cm³/mol. The third-order valence-corrected chi connectivity index (χ3v) is 4.28. The smallest absolute Gasteiger partial charge is 0.0468 e. The molecule has 0 aliphatic carbocycles. The van der Waals surface area contributed by atoms with Gasteiger partial charge in [-0.05, 0) is 65.8 Å². The van der Waals surface area contributed by atoms with Crippen molar-refractivity contribution in [3.8, 4) is 0 Å². The number of aromatic amines is 1. The highest BCUT2D eigenvalue weighted by Crippen LogP contribution is 2.29. The summed E-state index contributed by atoms with van der Waals surface area (Å²) >= 11 is 3.64. The first-order chi connectivity index (χ1) is 8.34. The van der Waals surface area contributed by atoms with Crippen molar-refractivity contribution in [2.45, 2.75) is 19.3 Å². The average molecular weight is 293 g/mol. The van der Waals surface area contributed by atoms with E-state index >= 15 is 0 Å². The number of hydrogen-bond acceptors (Lipinski definition) is 1. The van der Waals surface area contributed by atoms with E-state index in [1.165, 1.54) is 53.3 Å². The second-order valence-electron chi connectivity index (χ2n) is 4.89. The average Bonchev–Trinajstić information content (AvgIpc) is 2.74. The maximum Gasteiger partial charge on any atom is 0.0468 e. The molecule has 1 aromatic carbocycles. The van der Waals surface area contributed by atoms with Gasteiger partial charge in [0.05, 0.1) is 0 Å². The number of H-pyrrole nitrogens is 1. The van der Waals surface area contributed by atoms with Crippen LogP contribution in [0.1, 0.15) is 18.4 Å². The molecule has 0 bridgehead atoms. The van der Waals surface area contributed by atoms with Gasteiger partial charge in [0.1, 0.15) is 0 Å². The van der Waals surface area contributed by atoms with E-state index in [4.69, 9.17) is 0 Å². The Kier molecular flexibility index (Phi) is 3.21. The summed E-state index contributed by atoms with van der Waals surface area (Å²) in [5, 5.41) is 4.85. The molecule has 3 rings (SSSR count). The molecule has 2 N–H and O–H groups in total. The van der Waals surface area contributed by atoms with Crippen LogP contribution in [-0.2, 0) is 6.42 Å². The summed E-state index contributed by atoms with van der Waals surface area (Å²) in [5.74, 6) is 0.788. The highest BCUT2D eigenvalue weighted by molar-refractivity contribution is 9.10. The second kappa shape index (κ2) is 4.83. The van der Waals surface area contributed by atoms with Gasteiger partial charge in [0.15, 0.2) is 0 Å². The third-order valence-electron chi connectivity index (χ3n) is 3.65. The molecule has 1 aliphatic heterocycles. The topological polar surface area (TPSA) is 27.8 Å². The number of halogens is 1. The number of aromatic nitrogens is 1. The second-order valence-corrected chi connectivity index (χ2v) is 5.75. The first-order valence-electron chi connectivity index (χ1n) is 6.30. The molecule has 1 fully saturated rings. The number of nitrogens with one attached hydrogen (secondary N) is 2. The van der Waals surface area contributed by atoms with Crippen LogP contribution in [0.5, 0.6) is 0 Å². The Morgan fingerprint density at radius 1 is 1.35 bits per heavy atom. The van der Waals surface area contributed by atoms with Gasteiger partial charge >= 0.3 is 0 Å². The van der Waals surface area contributed by atoms with E-state index in [2.05, 4.69) is 44.4 Å². The summed E-state index contributed by atoms with van der Waals surface area (Å²) in [5.41, 5.74) is 2.70. The summed E-state index contributed by atoms with van der Waals surface area (Å²) in [4.78, 5) is 3.30. The van der Waals surface area contributed by atoms with Crippen LogP contribution in [0.25, 0.3) is 10.9 Å². The Labute approximate surface area is 110 Å². The highest BCUT2D eigenvalue weighted by Gasteiger charge is 2.15. The van der Waals surface area contributed by atoms with Crippen molar-refractivity contribution in [2.24, 2.45) is 5.92 Å². The molecule has 3 heteroatoms. The molecule has 1 saturated heterocycles. The monoisotopic (exact) mass is 292 g/mol. The van der Waals surface area contributed by atoms with Crippen molar-refractivity contribution in [2.75, 3.05) is 13.1 Å². The van der Waals surface area contributed by atoms with Crippen LogP contribution in [0.15, 0.2) is 28.9 Å². The molecule has 0 radical (unpaired) electrons. The van der Waals surface area contributed by atoms with Gasteiger partial charge in [0.2, 0.25) is 0 Å². The molecular formula is C14H17BrN2. The molecule has 0 amide bonds. The molecule has 1 atom stereocenters. The number of piperidine rings is 1. The van der Waals surface area contributed by atoms with E-state index < -0.39 is 0 Å². The zero-order valence-corrected chi connectivity index (χ0v) is 11.4. The number of rotatable bonds is 2. The van der Waals surface area contributed by atoms with E-state index in [1.807, 2.05) is 6.20 Å². The standard InChI is InChI=1S/C14H17BrN2/c15-12-9-17-13-5-1-4-11(14(12)13)7-10-3-2-6-16-8-10/h1,4-5,9-10,16-17H,2-3,6-8H2. The van der Waals surface area contributed by atoms with Crippen molar-refractivity contribution in [3.63, 3.8) is 0 Å². The Hall–Kier alpha value is -0.800. The molecule has 2 nitrogen and oxygen atoms in total. The quantitative estimate of drug-likeness (QED) is 0.872. The Bertz CT molecular complexity index is 512. The van der Waals surface area contributed by atoms with Gasteiger partial charge in [-0.2, -0.15) is 0 Å². The van der Waals surface area contributed by atoms with E-state index in [9.17, 15) is 0 Å². The van der Waals surface area contributed by atoms with Crippen LogP contribution in [0.2, 0.25) is 0 Å². The maximum atomic E-state index is 3.64. The first-order valence-corrected chi connectivity index (χ1v) is 7.09. The SMILES string of the molecule is Brc1c[nH]c2cccc(CC3CCCNC3)c12. The summed E-state index contributed by atoms with van der Waals surface area (Å²) < 4.78 is 1.19. The van der Waals surface area contributed by atoms with Crippen LogP contribution in [0, 0.1) is 5.92 Å². The van der Waals surface area contributed by atoms with Gasteiger partial charge in [0.25, 0.3) is 0 Å². The largest absolute Gasteiger partial charge is 0.360 e. The molecule has 90 valence electrons. The van der Waals surface area contributed by atoms with Crippen LogP contribution in [-0.4, -0.2) is 18.1 Å². The Morgan fingerprint density at radius 3 is 3.12 bits per heavy atom. The number of hydrogen-bond donors (Lipinski definition) is 2. The third kappa shape index (κ3) is 2.26. The van der Waals surface area contributed by atoms with E-state index in [0.717, 1.165) is 5.92 Å². The van der Waals surface area contributed by atoms with Crippen LogP contribution < -0.4 is 5.32 Å². The summed E-state index contributed by atoms with van der Waals surface area (Å²) in [6.07, 6.45) is 5.88. The van der Waals surface area contributed by atoms with Crippen molar-refractivity contribution in [3.05, 3.63) is 34.4 Å². The number of benzene rings is 1. The van der Waals surface area contributed by atoms with Gasteiger partial charge < -0.3 is 10.3 Å². The maximum absolute atomic E-state index is 3.64. The fraction of sp³-hybridized carbons (Fsp3) is 0.429. The van der Waals surface area contributed by atoms with E-state index in [0.29, 0.717) is 0 Å². The molecule has 1 unspecified atom stereocenters. The molecule has 1 aromatic heterocycles. The molecular weight excluding hydrogens is 276 g/mol. The minimum Gasteiger partial charge on any atom is -0.360 e. The molecule has 0 saturated carbocycles. The Balaban J connectivity index is 1.91. The molecule has 17 heavy (non-hydrogen) atoms. The van der Waals surface area contributed by atoms with Gasteiger partial charge in [0, 0.05) is 21.6 Å². The number of fused-ring (bicyclic) bond motifs is 1. The minimum absolute atomic E-state index is 0.788. The molecule has 1 aliphatic rings. The zero-order valence-electron chi connectivity index (χ0n) is 9.80. The summed E-state index contributed by atoms with van der Waals surface area (Å²) in [7, 11) is 0. The zero-order chi connectivity index (χ0) is 11.7. The van der Waals surface area contributed by atoms with Crippen LogP contribution >= 0.6 is 15.9 Å². The lowest BCUT2D eigenvalue weighted by molar-refractivity contribution is 0.377. The van der Waals surface area contributed by atoms with Crippen molar-refractivity contribution >= 4 is 26.8 Å². The highest BCUT2D eigenvalue weighted by atomic mass is 79.9. The normalized spacial score (nSPS) is 20.9. The fourth-order valence-corrected chi connectivity index (χ4v) is 3.38. The van der Waals surface area contributed by atoms with Gasteiger partial charge in [-0.15, -0.1) is 0 Å². The molecule has 2 heterocycles. The van der Waals surface area contributed by atoms with Crippen molar-refractivity contribution in [1.82, 2.24) is 10.3 Å². The van der Waals surface area contributed by atoms with Gasteiger partial charge in [-0.25, -0.2) is 0 Å². The van der Waals surface area contributed by atoms with Crippen molar-refractivity contribution < 1.29 is 0 Å². The Morgan fingerprint density at radius 2 is 2.29 bits per heavy atom. The van der Waals surface area contributed by atoms with Crippen LogP contribution in [0.4, 0.5) is 0 Å². The minimum atomic E-state index is 0.788. The summed E-state index contributed by atoms with van der Waals surface area (Å²) in [6, 6.07) is 6.55. The van der Waals surface area contributed by atoms with Crippen LogP contribution in [0.3, 0.4) is 0 Å². The van der Waals surface area contributed by atoms with Crippen molar-refractivity contribution in [1.29, 1.82) is 0 Å².